The summed E-state index contributed by atoms with van der Waals surface area (Å²) in [4.78, 5) is 14.8. The van der Waals surface area contributed by atoms with Gasteiger partial charge in [-0.3, -0.25) is 9.78 Å². The number of unbranched alkanes of at least 4 members (excludes halogenated alkanes) is 1. The molecular weight excluding hydrogens is 199 g/mol. The smallest absolute Gasteiger partial charge is 0.224 e. The van der Waals surface area contributed by atoms with Crippen molar-refractivity contribution in [2.45, 2.75) is 19.3 Å². The van der Waals surface area contributed by atoms with E-state index >= 15 is 0 Å². The highest BCUT2D eigenvalue weighted by atomic mass is 19.1. The van der Waals surface area contributed by atoms with E-state index in [9.17, 15) is 9.18 Å². The van der Waals surface area contributed by atoms with Crippen LogP contribution in [0, 0.1) is 5.82 Å². The molecule has 0 aromatic carbocycles. The first kappa shape index (κ1) is 11.6. The van der Waals surface area contributed by atoms with Crippen LogP contribution in [0.2, 0.25) is 0 Å². The first-order valence-electron chi connectivity index (χ1n) is 4.74. The van der Waals surface area contributed by atoms with E-state index in [0.717, 1.165) is 6.20 Å². The fourth-order valence-corrected chi connectivity index (χ4v) is 1.09. The zero-order chi connectivity index (χ0) is 11.1. The van der Waals surface area contributed by atoms with Crippen molar-refractivity contribution < 1.29 is 14.3 Å². The Balaban J connectivity index is 2.41. The predicted molar refractivity (Wildman–Crippen MR) is 53.8 cm³/mol. The maximum absolute atomic E-state index is 13.0. The van der Waals surface area contributed by atoms with E-state index in [0.29, 0.717) is 12.8 Å². The molecule has 1 rings (SSSR count). The summed E-state index contributed by atoms with van der Waals surface area (Å²) in [6.07, 6.45) is 3.90. The molecule has 0 unspecified atom stereocenters. The molecule has 0 bridgehead atoms. The number of nitrogens with zero attached hydrogens (tertiary/aromatic N) is 1. The molecule has 2 N–H and O–H groups in total. The van der Waals surface area contributed by atoms with Crippen molar-refractivity contribution in [3.63, 3.8) is 0 Å². The SMILES string of the molecule is O=C(CCCCO)Nc1ccncc1F. The lowest BCUT2D eigenvalue weighted by molar-refractivity contribution is -0.116. The zero-order valence-electron chi connectivity index (χ0n) is 8.24. The Morgan fingerprint density at radius 3 is 3.00 bits per heavy atom. The number of anilines is 1. The van der Waals surface area contributed by atoms with Gasteiger partial charge in [0.2, 0.25) is 5.91 Å². The van der Waals surface area contributed by atoms with Crippen LogP contribution in [0.5, 0.6) is 0 Å². The van der Waals surface area contributed by atoms with E-state index < -0.39 is 5.82 Å². The highest BCUT2D eigenvalue weighted by Gasteiger charge is 2.05. The van der Waals surface area contributed by atoms with E-state index in [1.54, 1.807) is 0 Å². The van der Waals surface area contributed by atoms with Crippen LogP contribution in [-0.4, -0.2) is 22.6 Å². The summed E-state index contributed by atoms with van der Waals surface area (Å²) >= 11 is 0. The Hall–Kier alpha value is -1.49. The lowest BCUT2D eigenvalue weighted by Gasteiger charge is -2.04. The first-order chi connectivity index (χ1) is 7.24. The second kappa shape index (κ2) is 6.08. The lowest BCUT2D eigenvalue weighted by atomic mass is 10.2. The average molecular weight is 212 g/mol. The van der Waals surface area contributed by atoms with E-state index in [1.807, 2.05) is 0 Å². The molecule has 5 heteroatoms. The molecule has 1 aromatic rings. The van der Waals surface area contributed by atoms with Gasteiger partial charge in [0.15, 0.2) is 5.82 Å². The summed E-state index contributed by atoms with van der Waals surface area (Å²) in [5.41, 5.74) is 0.138. The summed E-state index contributed by atoms with van der Waals surface area (Å²) < 4.78 is 13.0. The minimum atomic E-state index is -0.548. The van der Waals surface area contributed by atoms with Gasteiger partial charge in [0.25, 0.3) is 0 Å². The number of halogens is 1. The first-order valence-corrected chi connectivity index (χ1v) is 4.74. The van der Waals surface area contributed by atoms with Crippen LogP contribution >= 0.6 is 0 Å². The molecule has 0 atom stereocenters. The van der Waals surface area contributed by atoms with Gasteiger partial charge in [0.1, 0.15) is 0 Å². The molecule has 0 fully saturated rings. The van der Waals surface area contributed by atoms with Crippen molar-refractivity contribution in [1.82, 2.24) is 4.98 Å². The molecule has 0 aliphatic rings. The van der Waals surface area contributed by atoms with Crippen LogP contribution in [0.4, 0.5) is 10.1 Å². The van der Waals surface area contributed by atoms with E-state index in [4.69, 9.17) is 5.11 Å². The summed E-state index contributed by atoms with van der Waals surface area (Å²) in [7, 11) is 0. The molecule has 1 heterocycles. The maximum Gasteiger partial charge on any atom is 0.224 e. The minimum Gasteiger partial charge on any atom is -0.396 e. The topological polar surface area (TPSA) is 62.2 Å². The standard InChI is InChI=1S/C10H13FN2O2/c11-8-7-12-5-4-9(8)13-10(15)3-1-2-6-14/h4-5,7,14H,1-3,6H2,(H,12,13,15). The van der Waals surface area contributed by atoms with Crippen molar-refractivity contribution in [2.75, 3.05) is 11.9 Å². The molecule has 0 spiro atoms. The molecule has 4 nitrogen and oxygen atoms in total. The highest BCUT2D eigenvalue weighted by Crippen LogP contribution is 2.11. The number of rotatable bonds is 5. The number of aromatic nitrogens is 1. The number of aliphatic hydroxyl groups excluding tert-OH is 1. The number of nitrogens with one attached hydrogen (secondary N) is 1. The second-order valence-electron chi connectivity index (χ2n) is 3.08. The van der Waals surface area contributed by atoms with Gasteiger partial charge in [-0.1, -0.05) is 0 Å². The Morgan fingerprint density at radius 1 is 1.53 bits per heavy atom. The minimum absolute atomic E-state index is 0.0664. The summed E-state index contributed by atoms with van der Waals surface area (Å²) in [5.74, 6) is -0.804. The van der Waals surface area contributed by atoms with Gasteiger partial charge in [-0.15, -0.1) is 0 Å². The van der Waals surface area contributed by atoms with Gasteiger partial charge >= 0.3 is 0 Å². The summed E-state index contributed by atoms with van der Waals surface area (Å²) in [6.45, 7) is 0.0664. The maximum atomic E-state index is 13.0. The largest absolute Gasteiger partial charge is 0.396 e. The fraction of sp³-hybridized carbons (Fsp3) is 0.400. The molecule has 0 radical (unpaired) electrons. The predicted octanol–water partition coefficient (Wildman–Crippen LogP) is 1.32. The Morgan fingerprint density at radius 2 is 2.33 bits per heavy atom. The van der Waals surface area contributed by atoms with Crippen LogP contribution in [-0.2, 0) is 4.79 Å². The van der Waals surface area contributed by atoms with Crippen LogP contribution in [0.15, 0.2) is 18.5 Å². The number of aliphatic hydroxyl groups is 1. The summed E-state index contributed by atoms with van der Waals surface area (Å²) in [5, 5.41) is 10.9. The lowest BCUT2D eigenvalue weighted by Crippen LogP contribution is -2.12. The van der Waals surface area contributed by atoms with Gasteiger partial charge in [0.05, 0.1) is 11.9 Å². The molecule has 15 heavy (non-hydrogen) atoms. The molecular formula is C10H13FN2O2. The zero-order valence-corrected chi connectivity index (χ0v) is 8.24. The third-order valence-corrected chi connectivity index (χ3v) is 1.86. The monoisotopic (exact) mass is 212 g/mol. The Bertz CT molecular complexity index is 331. The molecule has 0 aliphatic heterocycles. The molecule has 0 saturated carbocycles. The van der Waals surface area contributed by atoms with Crippen molar-refractivity contribution in [3.8, 4) is 0 Å². The molecule has 82 valence electrons. The van der Waals surface area contributed by atoms with E-state index in [-0.39, 0.29) is 24.6 Å². The van der Waals surface area contributed by atoms with Crippen molar-refractivity contribution in [3.05, 3.63) is 24.3 Å². The number of carbonyl (C=O) groups is 1. The van der Waals surface area contributed by atoms with Crippen molar-refractivity contribution in [1.29, 1.82) is 0 Å². The van der Waals surface area contributed by atoms with Crippen LogP contribution in [0.3, 0.4) is 0 Å². The number of amides is 1. The van der Waals surface area contributed by atoms with Gasteiger partial charge in [0, 0.05) is 19.2 Å². The Kier molecular flexibility index (Phi) is 4.70. The fourth-order valence-electron chi connectivity index (χ4n) is 1.09. The van der Waals surface area contributed by atoms with Gasteiger partial charge in [-0.05, 0) is 18.9 Å². The molecule has 0 aliphatic carbocycles. The second-order valence-corrected chi connectivity index (χ2v) is 3.08. The summed E-state index contributed by atoms with van der Waals surface area (Å²) in [6, 6.07) is 1.40. The number of hydrogen-bond donors (Lipinski definition) is 2. The third kappa shape index (κ3) is 4.03. The molecule has 1 aromatic heterocycles. The third-order valence-electron chi connectivity index (χ3n) is 1.86. The van der Waals surface area contributed by atoms with Crippen LogP contribution < -0.4 is 5.32 Å². The van der Waals surface area contributed by atoms with E-state index in [2.05, 4.69) is 10.3 Å². The van der Waals surface area contributed by atoms with Gasteiger partial charge in [-0.25, -0.2) is 4.39 Å². The molecule has 1 amide bonds. The van der Waals surface area contributed by atoms with Crippen LogP contribution in [0.1, 0.15) is 19.3 Å². The van der Waals surface area contributed by atoms with Gasteiger partial charge in [-0.2, -0.15) is 0 Å². The normalized spacial score (nSPS) is 10.0. The van der Waals surface area contributed by atoms with Crippen molar-refractivity contribution in [2.24, 2.45) is 0 Å². The van der Waals surface area contributed by atoms with Crippen LogP contribution in [0.25, 0.3) is 0 Å². The van der Waals surface area contributed by atoms with E-state index in [1.165, 1.54) is 12.3 Å². The van der Waals surface area contributed by atoms with Gasteiger partial charge < -0.3 is 10.4 Å². The number of hydrogen-bond acceptors (Lipinski definition) is 3. The number of carbonyl (C=O) groups excluding carboxylic acids is 1. The number of pyridine rings is 1. The molecule has 0 saturated heterocycles. The quantitative estimate of drug-likeness (QED) is 0.723. The Labute approximate surface area is 87.1 Å². The highest BCUT2D eigenvalue weighted by molar-refractivity contribution is 5.90. The average Bonchev–Trinajstić information content (AvgIpc) is 2.22. The van der Waals surface area contributed by atoms with Crippen molar-refractivity contribution >= 4 is 11.6 Å².